The average Bonchev–Trinajstić information content (AvgIpc) is 3.45. The summed E-state index contributed by atoms with van der Waals surface area (Å²) in [6.07, 6.45) is 5.63. The zero-order chi connectivity index (χ0) is 21.2. The molecule has 4 heterocycles. The zero-order valence-electron chi connectivity index (χ0n) is 17.7. The van der Waals surface area contributed by atoms with Crippen LogP contribution in [0.4, 0.5) is 5.95 Å². The molecule has 6 rings (SSSR count). The first-order valence-corrected chi connectivity index (χ1v) is 14.3. The average molecular weight is 452 g/mol. The van der Waals surface area contributed by atoms with Crippen LogP contribution in [-0.4, -0.2) is 47.4 Å². The lowest BCUT2D eigenvalue weighted by Crippen LogP contribution is -2.46. The second-order valence-electron chi connectivity index (χ2n) is 9.46. The van der Waals surface area contributed by atoms with E-state index in [9.17, 15) is 4.57 Å². The molecular formula is C23H26N5OPS. The molecule has 0 unspecified atom stereocenters. The number of para-hydroxylation sites is 1. The van der Waals surface area contributed by atoms with Gasteiger partial charge < -0.3 is 20.2 Å². The van der Waals surface area contributed by atoms with Crippen molar-refractivity contribution < 1.29 is 4.57 Å². The van der Waals surface area contributed by atoms with Crippen LogP contribution in [0, 0.1) is 5.41 Å². The van der Waals surface area contributed by atoms with Crippen LogP contribution in [0.25, 0.3) is 32.4 Å². The molecule has 1 saturated heterocycles. The van der Waals surface area contributed by atoms with Gasteiger partial charge in [0.1, 0.15) is 7.14 Å². The fourth-order valence-electron chi connectivity index (χ4n) is 5.31. The van der Waals surface area contributed by atoms with E-state index in [0.717, 1.165) is 50.8 Å². The van der Waals surface area contributed by atoms with Gasteiger partial charge in [0.05, 0.1) is 21.4 Å². The minimum atomic E-state index is -2.40. The van der Waals surface area contributed by atoms with Gasteiger partial charge in [-0.05, 0) is 62.1 Å². The fraction of sp³-hybridized carbons (Fsp3) is 0.391. The van der Waals surface area contributed by atoms with E-state index in [0.29, 0.717) is 17.4 Å². The molecule has 1 aliphatic carbocycles. The third-order valence-corrected chi connectivity index (χ3v) is 9.30. The van der Waals surface area contributed by atoms with Crippen molar-refractivity contribution in [3.8, 4) is 11.3 Å². The van der Waals surface area contributed by atoms with Crippen LogP contribution in [0.2, 0.25) is 0 Å². The molecule has 2 aliphatic rings. The van der Waals surface area contributed by atoms with Crippen molar-refractivity contribution in [3.05, 3.63) is 35.8 Å². The Kier molecular flexibility index (Phi) is 4.33. The van der Waals surface area contributed by atoms with Crippen molar-refractivity contribution in [1.29, 1.82) is 0 Å². The molecule has 1 aromatic carbocycles. The lowest BCUT2D eigenvalue weighted by Gasteiger charge is -2.45. The molecule has 0 radical (unpaired) electrons. The Balaban J connectivity index is 1.41. The van der Waals surface area contributed by atoms with E-state index >= 15 is 0 Å². The number of nitrogens with one attached hydrogen (secondary N) is 3. The van der Waals surface area contributed by atoms with E-state index in [1.165, 1.54) is 19.3 Å². The largest absolute Gasteiger partial charge is 0.360 e. The van der Waals surface area contributed by atoms with Crippen LogP contribution in [0.1, 0.15) is 19.3 Å². The maximum Gasteiger partial charge on any atom is 0.224 e. The molecule has 0 amide bonds. The second-order valence-corrected chi connectivity index (χ2v) is 13.6. The summed E-state index contributed by atoms with van der Waals surface area (Å²) in [5, 5.41) is 11.1. The van der Waals surface area contributed by atoms with Crippen molar-refractivity contribution in [1.82, 2.24) is 20.3 Å². The Morgan fingerprint density at radius 3 is 2.87 bits per heavy atom. The Morgan fingerprint density at radius 1 is 1.23 bits per heavy atom. The van der Waals surface area contributed by atoms with E-state index in [-0.39, 0.29) is 0 Å². The quantitative estimate of drug-likeness (QED) is 0.394. The molecule has 31 heavy (non-hydrogen) atoms. The summed E-state index contributed by atoms with van der Waals surface area (Å²) in [6.45, 7) is 5.91. The number of nitrogens with zero attached hydrogens (tertiary/aromatic N) is 2. The predicted octanol–water partition coefficient (Wildman–Crippen LogP) is 4.64. The third-order valence-electron chi connectivity index (χ3n) is 6.86. The van der Waals surface area contributed by atoms with Crippen molar-refractivity contribution in [3.63, 3.8) is 0 Å². The summed E-state index contributed by atoms with van der Waals surface area (Å²) in [5.74, 6) is 0.703. The highest BCUT2D eigenvalue weighted by Crippen LogP contribution is 2.47. The molecule has 160 valence electrons. The Hall–Kier alpha value is -2.21. The van der Waals surface area contributed by atoms with Crippen LogP contribution < -0.4 is 15.9 Å². The molecule has 3 aromatic heterocycles. The number of hydrogen-bond donors (Lipinski definition) is 3. The van der Waals surface area contributed by atoms with Crippen LogP contribution in [-0.2, 0) is 4.57 Å². The van der Waals surface area contributed by atoms with Gasteiger partial charge in [-0.15, -0.1) is 11.3 Å². The lowest BCUT2D eigenvalue weighted by molar-refractivity contribution is 0.141. The number of hydrogen-bond acceptors (Lipinski definition) is 6. The van der Waals surface area contributed by atoms with Crippen LogP contribution in [0.5, 0.6) is 0 Å². The van der Waals surface area contributed by atoms with E-state index < -0.39 is 7.14 Å². The smallest absolute Gasteiger partial charge is 0.224 e. The molecule has 0 atom stereocenters. The summed E-state index contributed by atoms with van der Waals surface area (Å²) in [6, 6.07) is 8.53. The molecule has 8 heteroatoms. The number of thiophene rings is 1. The molecule has 1 aliphatic heterocycles. The Bertz CT molecular complexity index is 1340. The zero-order valence-corrected chi connectivity index (χ0v) is 19.4. The van der Waals surface area contributed by atoms with Gasteiger partial charge in [0.25, 0.3) is 0 Å². The Morgan fingerprint density at radius 2 is 2.10 bits per heavy atom. The molecule has 1 spiro atoms. The summed E-state index contributed by atoms with van der Waals surface area (Å²) in [4.78, 5) is 13.2. The van der Waals surface area contributed by atoms with E-state index in [4.69, 9.17) is 9.97 Å². The fourth-order valence-corrected chi connectivity index (χ4v) is 7.31. The highest BCUT2D eigenvalue weighted by Gasteiger charge is 2.46. The van der Waals surface area contributed by atoms with Crippen molar-refractivity contribution in [2.45, 2.75) is 25.3 Å². The number of rotatable bonds is 4. The number of fused-ring (bicyclic) bond motifs is 2. The van der Waals surface area contributed by atoms with Crippen LogP contribution in [0.15, 0.2) is 35.8 Å². The van der Waals surface area contributed by atoms with Gasteiger partial charge in [0.15, 0.2) is 0 Å². The summed E-state index contributed by atoms with van der Waals surface area (Å²) >= 11 is 1.66. The molecule has 1 saturated carbocycles. The summed E-state index contributed by atoms with van der Waals surface area (Å²) in [5.41, 5.74) is 4.36. The Labute approximate surface area is 185 Å². The molecule has 6 nitrogen and oxygen atoms in total. The minimum absolute atomic E-state index is 0.435. The molecule has 3 N–H and O–H groups in total. The lowest BCUT2D eigenvalue weighted by atomic mass is 9.65. The first-order valence-electron chi connectivity index (χ1n) is 10.8. The van der Waals surface area contributed by atoms with Gasteiger partial charge in [0, 0.05) is 35.0 Å². The van der Waals surface area contributed by atoms with E-state index in [1.807, 2.05) is 31.7 Å². The van der Waals surface area contributed by atoms with Gasteiger partial charge in [-0.1, -0.05) is 12.1 Å². The number of aromatic amines is 1. The van der Waals surface area contributed by atoms with Crippen molar-refractivity contribution in [2.24, 2.45) is 5.41 Å². The number of aromatic nitrogens is 3. The highest BCUT2D eigenvalue weighted by atomic mass is 32.1. The normalized spacial score (nSPS) is 23.6. The molecule has 4 aromatic rings. The second kappa shape index (κ2) is 6.89. The van der Waals surface area contributed by atoms with Gasteiger partial charge in [-0.25, -0.2) is 9.97 Å². The minimum Gasteiger partial charge on any atom is -0.360 e. The van der Waals surface area contributed by atoms with Crippen LogP contribution >= 0.6 is 18.5 Å². The predicted molar refractivity (Wildman–Crippen MR) is 130 cm³/mol. The molecule has 0 bridgehead atoms. The van der Waals surface area contributed by atoms with E-state index in [2.05, 4.69) is 33.1 Å². The standard InChI is InChI=1S/C23H26N5OPS/c1-30(2,29)18-5-3-4-15-16(12-25-19(15)18)20-21-17(6-9-31-21)27-22(28-20)26-14-10-23(11-14)7-8-24-13-23/h3-6,9,12,14,24-25H,7-8,10-11,13H2,1-2H3,(H,26,27,28). The third kappa shape index (κ3) is 3.22. The number of anilines is 1. The topological polar surface area (TPSA) is 82.7 Å². The summed E-state index contributed by atoms with van der Waals surface area (Å²) in [7, 11) is -2.40. The van der Waals surface area contributed by atoms with Gasteiger partial charge in [0.2, 0.25) is 5.95 Å². The van der Waals surface area contributed by atoms with E-state index in [1.54, 1.807) is 11.3 Å². The van der Waals surface area contributed by atoms with Gasteiger partial charge in [-0.2, -0.15) is 0 Å². The van der Waals surface area contributed by atoms with Crippen molar-refractivity contribution in [2.75, 3.05) is 31.7 Å². The summed E-state index contributed by atoms with van der Waals surface area (Å²) < 4.78 is 13.9. The first kappa shape index (κ1) is 19.5. The SMILES string of the molecule is CP(C)(=O)c1cccc2c(-c3nc(NC4CC5(CCNC5)C4)nc4ccsc34)c[nH]c12. The number of H-pyrrole nitrogens is 1. The van der Waals surface area contributed by atoms with Gasteiger partial charge in [-0.3, -0.25) is 0 Å². The monoisotopic (exact) mass is 451 g/mol. The van der Waals surface area contributed by atoms with Crippen LogP contribution in [0.3, 0.4) is 0 Å². The first-order chi connectivity index (χ1) is 14.9. The molecular weight excluding hydrogens is 425 g/mol. The maximum atomic E-state index is 12.8. The van der Waals surface area contributed by atoms with Crippen molar-refractivity contribution >= 4 is 50.9 Å². The highest BCUT2D eigenvalue weighted by molar-refractivity contribution is 7.70. The maximum absolute atomic E-state index is 12.8. The number of benzene rings is 1. The van der Waals surface area contributed by atoms with Gasteiger partial charge >= 0.3 is 0 Å². The molecule has 2 fully saturated rings.